The van der Waals surface area contributed by atoms with Crippen molar-refractivity contribution in [3.8, 4) is 0 Å². The van der Waals surface area contributed by atoms with Crippen LogP contribution in [0.4, 0.5) is 0 Å². The standard InChI is InChI=1S/C19H23N5O2/c1-2-15-22-23-18(26-15)19-7-3-4-13(19)9-24(10-19)17(25)14-8-20-11-21-16(14)12-5-6-12/h8,11-13H,2-7,9-10H2,1H3/t13-,19-/m0/s1. The van der Waals surface area contributed by atoms with Crippen molar-refractivity contribution in [2.45, 2.75) is 56.8 Å². The van der Waals surface area contributed by atoms with Crippen molar-refractivity contribution < 1.29 is 9.21 Å². The predicted molar refractivity (Wildman–Crippen MR) is 92.6 cm³/mol. The van der Waals surface area contributed by atoms with Crippen LogP contribution in [0.25, 0.3) is 0 Å². The maximum atomic E-state index is 13.2. The minimum Gasteiger partial charge on any atom is -0.425 e. The normalized spacial score (nSPS) is 27.7. The Kier molecular flexibility index (Phi) is 3.58. The summed E-state index contributed by atoms with van der Waals surface area (Å²) in [5.41, 5.74) is 1.41. The third kappa shape index (κ3) is 2.36. The van der Waals surface area contributed by atoms with Crippen molar-refractivity contribution in [1.82, 2.24) is 25.1 Å². The molecule has 26 heavy (non-hydrogen) atoms. The van der Waals surface area contributed by atoms with Gasteiger partial charge in [0.1, 0.15) is 6.33 Å². The number of nitrogens with zero attached hydrogens (tertiary/aromatic N) is 5. The summed E-state index contributed by atoms with van der Waals surface area (Å²) in [6.07, 6.45) is 9.47. The lowest BCUT2D eigenvalue weighted by Crippen LogP contribution is -2.35. The molecule has 2 aliphatic carbocycles. The zero-order valence-electron chi connectivity index (χ0n) is 15.0. The van der Waals surface area contributed by atoms with E-state index in [9.17, 15) is 4.79 Å². The van der Waals surface area contributed by atoms with E-state index in [2.05, 4.69) is 20.2 Å². The van der Waals surface area contributed by atoms with Gasteiger partial charge < -0.3 is 9.32 Å². The van der Waals surface area contributed by atoms with Crippen LogP contribution in [0.1, 0.15) is 72.8 Å². The second-order valence-electron chi connectivity index (χ2n) is 7.88. The lowest BCUT2D eigenvalue weighted by Gasteiger charge is -2.24. The highest BCUT2D eigenvalue weighted by Gasteiger charge is 2.55. The minimum atomic E-state index is -0.175. The largest absolute Gasteiger partial charge is 0.425 e. The second-order valence-corrected chi connectivity index (χ2v) is 7.88. The van der Waals surface area contributed by atoms with Gasteiger partial charge in [0.25, 0.3) is 5.91 Å². The molecular weight excluding hydrogens is 330 g/mol. The topological polar surface area (TPSA) is 85.0 Å². The first-order valence-corrected chi connectivity index (χ1v) is 9.63. The smallest absolute Gasteiger partial charge is 0.257 e. The summed E-state index contributed by atoms with van der Waals surface area (Å²) in [5.74, 6) is 2.27. The lowest BCUT2D eigenvalue weighted by molar-refractivity contribution is 0.0773. The van der Waals surface area contributed by atoms with Crippen molar-refractivity contribution >= 4 is 5.91 Å². The van der Waals surface area contributed by atoms with E-state index >= 15 is 0 Å². The average Bonchev–Trinajstić information content (AvgIpc) is 3.09. The number of amides is 1. The number of rotatable bonds is 4. The molecule has 3 heterocycles. The molecule has 0 bridgehead atoms. The van der Waals surface area contributed by atoms with E-state index in [4.69, 9.17) is 4.42 Å². The Bertz CT molecular complexity index is 846. The summed E-state index contributed by atoms with van der Waals surface area (Å²) in [5, 5.41) is 8.51. The fourth-order valence-corrected chi connectivity index (χ4v) is 4.75. The van der Waals surface area contributed by atoms with Gasteiger partial charge in [-0.2, -0.15) is 0 Å². The summed E-state index contributed by atoms with van der Waals surface area (Å²) in [6.45, 7) is 3.42. The summed E-state index contributed by atoms with van der Waals surface area (Å²) >= 11 is 0. The van der Waals surface area contributed by atoms with E-state index in [0.717, 1.165) is 56.7 Å². The van der Waals surface area contributed by atoms with Gasteiger partial charge >= 0.3 is 0 Å². The molecule has 3 fully saturated rings. The molecule has 0 aromatic carbocycles. The first-order valence-electron chi connectivity index (χ1n) is 9.63. The van der Waals surface area contributed by atoms with E-state index in [-0.39, 0.29) is 11.3 Å². The molecule has 1 aliphatic heterocycles. The van der Waals surface area contributed by atoms with Crippen LogP contribution in [0.5, 0.6) is 0 Å². The molecule has 1 saturated heterocycles. The molecule has 0 radical (unpaired) electrons. The van der Waals surface area contributed by atoms with Crippen molar-refractivity contribution in [3.05, 3.63) is 35.6 Å². The molecule has 2 atom stereocenters. The fourth-order valence-electron chi connectivity index (χ4n) is 4.75. The van der Waals surface area contributed by atoms with Crippen LogP contribution in [0.15, 0.2) is 16.9 Å². The molecule has 0 spiro atoms. The van der Waals surface area contributed by atoms with Crippen LogP contribution in [-0.2, 0) is 11.8 Å². The van der Waals surface area contributed by atoms with Gasteiger partial charge in [0.15, 0.2) is 0 Å². The molecular formula is C19H23N5O2. The Balaban J connectivity index is 1.45. The van der Waals surface area contributed by atoms with Gasteiger partial charge in [-0.15, -0.1) is 10.2 Å². The molecule has 5 rings (SSSR count). The maximum Gasteiger partial charge on any atom is 0.257 e. The predicted octanol–water partition coefficient (Wildman–Crippen LogP) is 2.49. The van der Waals surface area contributed by atoms with Crippen LogP contribution in [0.3, 0.4) is 0 Å². The lowest BCUT2D eigenvalue weighted by atomic mass is 9.80. The van der Waals surface area contributed by atoms with Gasteiger partial charge in [-0.25, -0.2) is 9.97 Å². The number of fused-ring (bicyclic) bond motifs is 1. The Hall–Kier alpha value is -2.31. The van der Waals surface area contributed by atoms with Crippen LogP contribution in [0, 0.1) is 5.92 Å². The van der Waals surface area contributed by atoms with E-state index in [0.29, 0.717) is 29.8 Å². The third-order valence-corrected chi connectivity index (χ3v) is 6.29. The van der Waals surface area contributed by atoms with Gasteiger partial charge in [-0.3, -0.25) is 4.79 Å². The molecule has 0 N–H and O–H groups in total. The van der Waals surface area contributed by atoms with Crippen molar-refractivity contribution in [3.63, 3.8) is 0 Å². The molecule has 7 heteroatoms. The molecule has 2 saturated carbocycles. The van der Waals surface area contributed by atoms with Gasteiger partial charge in [0.05, 0.1) is 16.7 Å². The minimum absolute atomic E-state index is 0.0523. The first-order chi connectivity index (χ1) is 12.7. The Morgan fingerprint density at radius 1 is 1.35 bits per heavy atom. The van der Waals surface area contributed by atoms with Crippen LogP contribution >= 0.6 is 0 Å². The quantitative estimate of drug-likeness (QED) is 0.839. The summed E-state index contributed by atoms with van der Waals surface area (Å²) < 4.78 is 5.94. The Morgan fingerprint density at radius 2 is 2.23 bits per heavy atom. The van der Waals surface area contributed by atoms with Crippen molar-refractivity contribution in [1.29, 1.82) is 0 Å². The number of hydrogen-bond donors (Lipinski definition) is 0. The number of likely N-dealkylation sites (tertiary alicyclic amines) is 1. The summed E-state index contributed by atoms with van der Waals surface area (Å²) in [4.78, 5) is 23.7. The molecule has 136 valence electrons. The molecule has 2 aromatic heterocycles. The maximum absolute atomic E-state index is 13.2. The van der Waals surface area contributed by atoms with Crippen LogP contribution in [0.2, 0.25) is 0 Å². The van der Waals surface area contributed by atoms with E-state index in [1.54, 1.807) is 12.5 Å². The molecule has 2 aromatic rings. The second kappa shape index (κ2) is 5.86. The third-order valence-electron chi connectivity index (χ3n) is 6.29. The number of hydrogen-bond acceptors (Lipinski definition) is 6. The van der Waals surface area contributed by atoms with Gasteiger partial charge in [-0.05, 0) is 31.6 Å². The number of carbonyl (C=O) groups is 1. The molecule has 7 nitrogen and oxygen atoms in total. The van der Waals surface area contributed by atoms with E-state index in [1.165, 1.54) is 0 Å². The van der Waals surface area contributed by atoms with Crippen molar-refractivity contribution in [2.75, 3.05) is 13.1 Å². The first kappa shape index (κ1) is 15.9. The van der Waals surface area contributed by atoms with E-state index < -0.39 is 0 Å². The van der Waals surface area contributed by atoms with Gasteiger partial charge in [0, 0.05) is 31.6 Å². The number of aryl methyl sites for hydroxylation is 1. The molecule has 0 unspecified atom stereocenters. The summed E-state index contributed by atoms with van der Waals surface area (Å²) in [6, 6.07) is 0. The Labute approximate surface area is 152 Å². The van der Waals surface area contributed by atoms with E-state index in [1.807, 2.05) is 11.8 Å². The fraction of sp³-hybridized carbons (Fsp3) is 0.632. The number of aromatic nitrogens is 4. The SMILES string of the molecule is CCc1nnc([C@]23CCC[C@H]2CN(C(=O)c2cncnc2C2CC2)C3)o1. The molecule has 3 aliphatic rings. The monoisotopic (exact) mass is 353 g/mol. The average molecular weight is 353 g/mol. The van der Waals surface area contributed by atoms with Gasteiger partial charge in [-0.1, -0.05) is 13.3 Å². The number of carbonyl (C=O) groups excluding carboxylic acids is 1. The molecule has 1 amide bonds. The highest BCUT2D eigenvalue weighted by atomic mass is 16.4. The van der Waals surface area contributed by atoms with Crippen molar-refractivity contribution in [2.24, 2.45) is 5.92 Å². The Morgan fingerprint density at radius 3 is 3.00 bits per heavy atom. The van der Waals surface area contributed by atoms with Crippen LogP contribution in [-0.4, -0.2) is 44.1 Å². The van der Waals surface area contributed by atoms with Crippen LogP contribution < -0.4 is 0 Å². The highest BCUT2D eigenvalue weighted by molar-refractivity contribution is 5.95. The summed E-state index contributed by atoms with van der Waals surface area (Å²) in [7, 11) is 0. The highest BCUT2D eigenvalue weighted by Crippen LogP contribution is 2.50. The van der Waals surface area contributed by atoms with Gasteiger partial charge in [0.2, 0.25) is 11.8 Å². The zero-order chi connectivity index (χ0) is 17.7. The zero-order valence-corrected chi connectivity index (χ0v) is 15.0.